The maximum absolute atomic E-state index is 12.2. The van der Waals surface area contributed by atoms with E-state index in [1.54, 1.807) is 25.4 Å². The Labute approximate surface area is 106 Å². The van der Waals surface area contributed by atoms with Gasteiger partial charge < -0.3 is 10.0 Å². The summed E-state index contributed by atoms with van der Waals surface area (Å²) in [5.41, 5.74) is 0.800. The van der Waals surface area contributed by atoms with Gasteiger partial charge in [0, 0.05) is 18.9 Å². The third kappa shape index (κ3) is 3.84. The van der Waals surface area contributed by atoms with Crippen molar-refractivity contribution in [3.05, 3.63) is 30.1 Å². The Bertz CT molecular complexity index is 406. The van der Waals surface area contributed by atoms with Gasteiger partial charge in [-0.15, -0.1) is 0 Å². The summed E-state index contributed by atoms with van der Waals surface area (Å²) in [6.07, 6.45) is 4.01. The lowest BCUT2D eigenvalue weighted by atomic mass is 10.0. The van der Waals surface area contributed by atoms with Crippen LogP contribution in [0.2, 0.25) is 0 Å². The Balaban J connectivity index is 2.79. The molecule has 0 saturated heterocycles. The average Bonchev–Trinajstić information content (AvgIpc) is 2.37. The minimum absolute atomic E-state index is 0.174. The van der Waals surface area contributed by atoms with Crippen LogP contribution in [0.25, 0.3) is 0 Å². The van der Waals surface area contributed by atoms with Crippen molar-refractivity contribution in [1.82, 2.24) is 9.88 Å². The van der Waals surface area contributed by atoms with Crippen molar-refractivity contribution < 1.29 is 14.7 Å². The second kappa shape index (κ2) is 6.74. The smallest absolute Gasteiger partial charge is 0.323 e. The van der Waals surface area contributed by atoms with Gasteiger partial charge in [-0.3, -0.25) is 14.6 Å². The first-order valence-electron chi connectivity index (χ1n) is 5.96. The molecule has 0 saturated carbocycles. The molecule has 0 fully saturated rings. The lowest BCUT2D eigenvalue weighted by Crippen LogP contribution is -2.38. The minimum atomic E-state index is -0.991. The van der Waals surface area contributed by atoms with Crippen LogP contribution in [0, 0.1) is 0 Å². The molecule has 0 aliphatic heterocycles. The molecule has 0 radical (unpaired) electrons. The molecule has 1 aromatic rings. The van der Waals surface area contributed by atoms with Gasteiger partial charge in [0.05, 0.1) is 5.92 Å². The van der Waals surface area contributed by atoms with Crippen LogP contribution < -0.4 is 0 Å². The highest BCUT2D eigenvalue weighted by atomic mass is 16.4. The third-order valence-corrected chi connectivity index (χ3v) is 2.69. The Kier molecular flexibility index (Phi) is 5.30. The van der Waals surface area contributed by atoms with Crippen molar-refractivity contribution in [2.45, 2.75) is 26.2 Å². The van der Waals surface area contributed by atoms with Crippen LogP contribution >= 0.6 is 0 Å². The lowest BCUT2D eigenvalue weighted by molar-refractivity contribution is -0.145. The van der Waals surface area contributed by atoms with E-state index >= 15 is 0 Å². The molecule has 1 heterocycles. The first-order chi connectivity index (χ1) is 8.56. The molecule has 0 aliphatic rings. The number of aromatic nitrogens is 1. The van der Waals surface area contributed by atoms with Gasteiger partial charge in [0.25, 0.3) is 0 Å². The molecule has 0 aliphatic carbocycles. The van der Waals surface area contributed by atoms with Crippen molar-refractivity contribution in [3.63, 3.8) is 0 Å². The molecule has 1 atom stereocenters. The van der Waals surface area contributed by atoms with Crippen LogP contribution in [0.4, 0.5) is 0 Å². The Morgan fingerprint density at radius 2 is 2.22 bits per heavy atom. The van der Waals surface area contributed by atoms with Crippen LogP contribution in [-0.4, -0.2) is 40.0 Å². The second-order valence-corrected chi connectivity index (χ2v) is 4.16. The summed E-state index contributed by atoms with van der Waals surface area (Å²) in [4.78, 5) is 28.3. The fourth-order valence-corrected chi connectivity index (χ4v) is 1.75. The van der Waals surface area contributed by atoms with E-state index in [-0.39, 0.29) is 18.4 Å². The van der Waals surface area contributed by atoms with Crippen LogP contribution in [0.1, 0.15) is 31.7 Å². The van der Waals surface area contributed by atoms with Gasteiger partial charge in [-0.25, -0.2) is 0 Å². The van der Waals surface area contributed by atoms with E-state index < -0.39 is 5.97 Å². The summed E-state index contributed by atoms with van der Waals surface area (Å²) in [6, 6.07) is 3.58. The molecule has 5 nitrogen and oxygen atoms in total. The summed E-state index contributed by atoms with van der Waals surface area (Å²) >= 11 is 0. The van der Waals surface area contributed by atoms with E-state index in [9.17, 15) is 9.59 Å². The van der Waals surface area contributed by atoms with E-state index in [0.29, 0.717) is 6.54 Å². The van der Waals surface area contributed by atoms with E-state index in [0.717, 1.165) is 12.0 Å². The summed E-state index contributed by atoms with van der Waals surface area (Å²) in [6.45, 7) is 3.88. The fraction of sp³-hybridized carbons (Fsp3) is 0.462. The quantitative estimate of drug-likeness (QED) is 0.830. The Morgan fingerprint density at radius 1 is 1.50 bits per heavy atom. The largest absolute Gasteiger partial charge is 0.480 e. The van der Waals surface area contributed by atoms with E-state index in [1.807, 2.05) is 13.0 Å². The van der Waals surface area contributed by atoms with Crippen LogP contribution in [0.5, 0.6) is 0 Å². The molecule has 98 valence electrons. The van der Waals surface area contributed by atoms with E-state index in [2.05, 4.69) is 4.98 Å². The van der Waals surface area contributed by atoms with Gasteiger partial charge in [0.1, 0.15) is 6.54 Å². The monoisotopic (exact) mass is 250 g/mol. The average molecular weight is 250 g/mol. The number of rotatable bonds is 6. The molecular formula is C13H18N2O3. The molecule has 1 amide bonds. The van der Waals surface area contributed by atoms with Crippen molar-refractivity contribution in [1.29, 1.82) is 0 Å². The maximum atomic E-state index is 12.2. The molecule has 1 N–H and O–H groups in total. The predicted molar refractivity (Wildman–Crippen MR) is 67.2 cm³/mol. The molecular weight excluding hydrogens is 232 g/mol. The highest BCUT2D eigenvalue weighted by molar-refractivity contribution is 5.86. The molecule has 18 heavy (non-hydrogen) atoms. The zero-order valence-electron chi connectivity index (χ0n) is 10.7. The highest BCUT2D eigenvalue weighted by Crippen LogP contribution is 2.16. The molecule has 1 unspecified atom stereocenters. The van der Waals surface area contributed by atoms with Gasteiger partial charge in [0.15, 0.2) is 0 Å². The molecule has 5 heteroatoms. The SMILES string of the molecule is CCCN(CC(=O)O)C(=O)C(C)c1cccnc1. The number of pyridine rings is 1. The number of carbonyl (C=O) groups excluding carboxylic acids is 1. The van der Waals surface area contributed by atoms with Gasteiger partial charge in [-0.2, -0.15) is 0 Å². The highest BCUT2D eigenvalue weighted by Gasteiger charge is 2.23. The number of hydrogen-bond donors (Lipinski definition) is 1. The van der Waals surface area contributed by atoms with E-state index in [4.69, 9.17) is 5.11 Å². The standard InChI is InChI=1S/C13H18N2O3/c1-3-7-15(9-12(16)17)13(18)10(2)11-5-4-6-14-8-11/h4-6,8,10H,3,7,9H2,1-2H3,(H,16,17). The summed E-state index contributed by atoms with van der Waals surface area (Å²) < 4.78 is 0. The summed E-state index contributed by atoms with van der Waals surface area (Å²) in [5, 5.41) is 8.81. The molecule has 1 aromatic heterocycles. The van der Waals surface area contributed by atoms with Gasteiger partial charge in [-0.1, -0.05) is 13.0 Å². The second-order valence-electron chi connectivity index (χ2n) is 4.16. The van der Waals surface area contributed by atoms with Gasteiger partial charge in [0.2, 0.25) is 5.91 Å². The van der Waals surface area contributed by atoms with Gasteiger partial charge >= 0.3 is 5.97 Å². The number of carboxylic acid groups (broad SMARTS) is 1. The topological polar surface area (TPSA) is 70.5 Å². The van der Waals surface area contributed by atoms with Crippen molar-refractivity contribution in [3.8, 4) is 0 Å². The van der Waals surface area contributed by atoms with Crippen LogP contribution in [-0.2, 0) is 9.59 Å². The molecule has 1 rings (SSSR count). The van der Waals surface area contributed by atoms with Crippen molar-refractivity contribution in [2.24, 2.45) is 0 Å². The first-order valence-corrected chi connectivity index (χ1v) is 5.96. The number of hydrogen-bond acceptors (Lipinski definition) is 3. The summed E-state index contributed by atoms with van der Waals surface area (Å²) in [7, 11) is 0. The number of carboxylic acids is 1. The third-order valence-electron chi connectivity index (χ3n) is 2.69. The van der Waals surface area contributed by atoms with Crippen LogP contribution in [0.3, 0.4) is 0 Å². The molecule has 0 bridgehead atoms. The number of carbonyl (C=O) groups is 2. The van der Waals surface area contributed by atoms with Crippen LogP contribution in [0.15, 0.2) is 24.5 Å². The molecule has 0 aromatic carbocycles. The van der Waals surface area contributed by atoms with Crippen molar-refractivity contribution in [2.75, 3.05) is 13.1 Å². The zero-order valence-corrected chi connectivity index (χ0v) is 10.7. The maximum Gasteiger partial charge on any atom is 0.323 e. The Morgan fingerprint density at radius 3 is 2.72 bits per heavy atom. The Hall–Kier alpha value is -1.91. The van der Waals surface area contributed by atoms with E-state index in [1.165, 1.54) is 4.90 Å². The van der Waals surface area contributed by atoms with Gasteiger partial charge in [-0.05, 0) is 25.0 Å². The lowest BCUT2D eigenvalue weighted by Gasteiger charge is -2.23. The van der Waals surface area contributed by atoms with Crippen molar-refractivity contribution >= 4 is 11.9 Å². The normalized spacial score (nSPS) is 11.9. The fourth-order valence-electron chi connectivity index (χ4n) is 1.75. The summed E-state index contributed by atoms with van der Waals surface area (Å²) in [5.74, 6) is -1.54. The first kappa shape index (κ1) is 14.2. The number of amides is 1. The number of nitrogens with zero attached hydrogens (tertiary/aromatic N) is 2. The number of aliphatic carboxylic acids is 1. The molecule has 0 spiro atoms. The zero-order chi connectivity index (χ0) is 13.5. The predicted octanol–water partition coefficient (Wildman–Crippen LogP) is 1.51. The minimum Gasteiger partial charge on any atom is -0.480 e.